The minimum absolute atomic E-state index is 0.0669. The van der Waals surface area contributed by atoms with Gasteiger partial charge < -0.3 is 10.2 Å². The van der Waals surface area contributed by atoms with Crippen molar-refractivity contribution in [2.24, 2.45) is 0 Å². The lowest BCUT2D eigenvalue weighted by atomic mass is 10.0. The lowest BCUT2D eigenvalue weighted by Gasteiger charge is -2.05. The van der Waals surface area contributed by atoms with E-state index in [0.717, 1.165) is 0 Å². The van der Waals surface area contributed by atoms with Gasteiger partial charge in [0.05, 0.1) is 0 Å². The van der Waals surface area contributed by atoms with Crippen LogP contribution in [0.1, 0.15) is 15.9 Å². The Hall–Kier alpha value is -2.01. The van der Waals surface area contributed by atoms with Gasteiger partial charge in [0.15, 0.2) is 0 Å². The predicted molar refractivity (Wildman–Crippen MR) is 49.2 cm³/mol. The van der Waals surface area contributed by atoms with E-state index < -0.39 is 17.9 Å². The van der Waals surface area contributed by atoms with Crippen LogP contribution < -0.4 is 0 Å². The molecule has 0 heterocycles. The molecule has 0 spiro atoms. The van der Waals surface area contributed by atoms with Crippen molar-refractivity contribution in [1.29, 1.82) is 0 Å². The molecule has 5 nitrogen and oxygen atoms in total. The first-order valence-corrected chi connectivity index (χ1v) is 4.00. The molecule has 5 heteroatoms. The van der Waals surface area contributed by atoms with Gasteiger partial charge in [-0.15, -0.1) is 0 Å². The number of hydrogen-bond acceptors (Lipinski definition) is 4. The Labute approximate surface area is 85.0 Å². The fourth-order valence-electron chi connectivity index (χ4n) is 1.05. The first kappa shape index (κ1) is 11.1. The Bertz CT molecular complexity index is 410. The van der Waals surface area contributed by atoms with Crippen LogP contribution in [0.3, 0.4) is 0 Å². The average molecular weight is 207 g/mol. The van der Waals surface area contributed by atoms with E-state index in [2.05, 4.69) is 0 Å². The first-order chi connectivity index (χ1) is 7.07. The number of aliphatic hydroxyl groups excluding tert-OH is 1. The molecule has 1 radical (unpaired) electrons. The number of Topliss-reactive ketones (excluding diaryl/α,β-unsaturated/α-hetero) is 1. The summed E-state index contributed by atoms with van der Waals surface area (Å²) in [6.45, 7) is 0. The number of carbonyl (C=O) groups is 2. The average Bonchev–Trinajstić information content (AvgIpc) is 2.26. The van der Waals surface area contributed by atoms with E-state index in [1.165, 1.54) is 30.6 Å². The highest BCUT2D eigenvalue weighted by atomic mass is 16.4. The SMILES string of the molecule is O=[C]c1ccccc1C(=O)C(O)C(=O)O. The molecular weight excluding hydrogens is 200 g/mol. The number of aliphatic hydroxyl groups is 1. The van der Waals surface area contributed by atoms with Crippen LogP contribution in [-0.2, 0) is 9.59 Å². The second-order valence-electron chi connectivity index (χ2n) is 2.75. The molecule has 1 rings (SSSR count). The molecular formula is C10H7O5. The van der Waals surface area contributed by atoms with Gasteiger partial charge in [-0.3, -0.25) is 9.59 Å². The summed E-state index contributed by atoms with van der Waals surface area (Å²) in [4.78, 5) is 32.1. The number of aliphatic carboxylic acids is 1. The van der Waals surface area contributed by atoms with Crippen molar-refractivity contribution in [2.45, 2.75) is 6.10 Å². The van der Waals surface area contributed by atoms with Crippen molar-refractivity contribution < 1.29 is 24.6 Å². The lowest BCUT2D eigenvalue weighted by molar-refractivity contribution is -0.143. The molecule has 0 amide bonds. The second-order valence-corrected chi connectivity index (χ2v) is 2.75. The Morgan fingerprint density at radius 2 is 1.87 bits per heavy atom. The van der Waals surface area contributed by atoms with Gasteiger partial charge in [-0.05, 0) is 0 Å². The van der Waals surface area contributed by atoms with Crippen LogP contribution in [0.5, 0.6) is 0 Å². The molecule has 0 aliphatic carbocycles. The van der Waals surface area contributed by atoms with Crippen molar-refractivity contribution in [3.63, 3.8) is 0 Å². The van der Waals surface area contributed by atoms with E-state index in [-0.39, 0.29) is 11.1 Å². The van der Waals surface area contributed by atoms with Crippen LogP contribution in [-0.4, -0.2) is 34.4 Å². The number of carboxylic acids is 1. The maximum absolute atomic E-state index is 11.4. The number of ketones is 1. The third-order valence-electron chi connectivity index (χ3n) is 1.78. The zero-order valence-electron chi connectivity index (χ0n) is 7.51. The smallest absolute Gasteiger partial charge is 0.340 e. The minimum atomic E-state index is -2.15. The van der Waals surface area contributed by atoms with Crippen LogP contribution in [0.2, 0.25) is 0 Å². The Kier molecular flexibility index (Phi) is 3.30. The Morgan fingerprint density at radius 3 is 2.40 bits per heavy atom. The summed E-state index contributed by atoms with van der Waals surface area (Å²) in [7, 11) is 0. The normalized spacial score (nSPS) is 11.8. The second kappa shape index (κ2) is 4.47. The molecule has 0 saturated heterocycles. The van der Waals surface area contributed by atoms with E-state index in [1.54, 1.807) is 0 Å². The van der Waals surface area contributed by atoms with Gasteiger partial charge in [0.2, 0.25) is 18.2 Å². The molecule has 1 aromatic rings. The summed E-state index contributed by atoms with van der Waals surface area (Å²) in [5, 5.41) is 17.4. The fourth-order valence-corrected chi connectivity index (χ4v) is 1.05. The number of benzene rings is 1. The summed E-state index contributed by atoms with van der Waals surface area (Å²) in [5.74, 6) is -2.68. The summed E-state index contributed by atoms with van der Waals surface area (Å²) in [5.41, 5.74) is -0.217. The van der Waals surface area contributed by atoms with Crippen LogP contribution in [0.4, 0.5) is 0 Å². The lowest BCUT2D eigenvalue weighted by Crippen LogP contribution is -2.30. The number of hydrogen-bond donors (Lipinski definition) is 2. The maximum Gasteiger partial charge on any atom is 0.340 e. The number of carboxylic acid groups (broad SMARTS) is 1. The van der Waals surface area contributed by atoms with Gasteiger partial charge in [0.1, 0.15) is 0 Å². The predicted octanol–water partition coefficient (Wildman–Crippen LogP) is -0.227. The molecule has 2 N–H and O–H groups in total. The summed E-state index contributed by atoms with van der Waals surface area (Å²) < 4.78 is 0. The van der Waals surface area contributed by atoms with Crippen molar-refractivity contribution in [2.75, 3.05) is 0 Å². The van der Waals surface area contributed by atoms with Gasteiger partial charge >= 0.3 is 5.97 Å². The van der Waals surface area contributed by atoms with Gasteiger partial charge in [-0.25, -0.2) is 4.79 Å². The summed E-state index contributed by atoms with van der Waals surface area (Å²) >= 11 is 0. The molecule has 77 valence electrons. The van der Waals surface area contributed by atoms with Crippen LogP contribution in [0.15, 0.2) is 24.3 Å². The zero-order valence-corrected chi connectivity index (χ0v) is 7.51. The quantitative estimate of drug-likeness (QED) is 0.525. The highest BCUT2D eigenvalue weighted by Crippen LogP contribution is 2.09. The zero-order chi connectivity index (χ0) is 11.4. The first-order valence-electron chi connectivity index (χ1n) is 4.00. The number of carbonyl (C=O) groups excluding carboxylic acids is 2. The van der Waals surface area contributed by atoms with Crippen LogP contribution in [0.25, 0.3) is 0 Å². The molecule has 0 saturated carbocycles. The maximum atomic E-state index is 11.4. The highest BCUT2D eigenvalue weighted by molar-refractivity contribution is 6.13. The van der Waals surface area contributed by atoms with E-state index in [0.29, 0.717) is 0 Å². The Morgan fingerprint density at radius 1 is 1.27 bits per heavy atom. The van der Waals surface area contributed by atoms with E-state index in [4.69, 9.17) is 10.2 Å². The fraction of sp³-hybridized carbons (Fsp3) is 0.100. The van der Waals surface area contributed by atoms with Gasteiger partial charge in [-0.2, -0.15) is 0 Å². The summed E-state index contributed by atoms with van der Waals surface area (Å²) in [6, 6.07) is 5.54. The molecule has 1 atom stereocenters. The monoisotopic (exact) mass is 207 g/mol. The third-order valence-corrected chi connectivity index (χ3v) is 1.78. The van der Waals surface area contributed by atoms with Crippen molar-refractivity contribution in [3.05, 3.63) is 35.4 Å². The van der Waals surface area contributed by atoms with Crippen molar-refractivity contribution in [1.82, 2.24) is 0 Å². The Balaban J connectivity index is 3.11. The molecule has 15 heavy (non-hydrogen) atoms. The molecule has 0 fully saturated rings. The van der Waals surface area contributed by atoms with Gasteiger partial charge in [-0.1, -0.05) is 24.3 Å². The molecule has 0 aliphatic heterocycles. The topological polar surface area (TPSA) is 91.7 Å². The molecule has 1 unspecified atom stereocenters. The van der Waals surface area contributed by atoms with Crippen LogP contribution in [0, 0.1) is 0 Å². The summed E-state index contributed by atoms with van der Waals surface area (Å²) in [6.07, 6.45) is -0.658. The van der Waals surface area contributed by atoms with E-state index in [1.807, 2.05) is 0 Å². The van der Waals surface area contributed by atoms with Crippen molar-refractivity contribution in [3.8, 4) is 0 Å². The van der Waals surface area contributed by atoms with Crippen LogP contribution >= 0.6 is 0 Å². The largest absolute Gasteiger partial charge is 0.479 e. The molecule has 0 bridgehead atoms. The standard InChI is InChI=1S/C10H7O5/c11-5-6-3-1-2-4-7(6)8(12)9(13)10(14)15/h1-4,9,13H,(H,14,15). The minimum Gasteiger partial charge on any atom is -0.479 e. The molecule has 0 aliphatic rings. The third kappa shape index (κ3) is 2.26. The van der Waals surface area contributed by atoms with E-state index >= 15 is 0 Å². The van der Waals surface area contributed by atoms with E-state index in [9.17, 15) is 14.4 Å². The molecule has 0 aromatic heterocycles. The van der Waals surface area contributed by atoms with Crippen molar-refractivity contribution >= 4 is 18.0 Å². The van der Waals surface area contributed by atoms with Gasteiger partial charge in [0, 0.05) is 11.1 Å². The number of rotatable bonds is 4. The van der Waals surface area contributed by atoms with Gasteiger partial charge in [0.25, 0.3) is 0 Å². The highest BCUT2D eigenvalue weighted by Gasteiger charge is 2.25. The molecule has 1 aromatic carbocycles.